The second kappa shape index (κ2) is 6.98. The molecule has 0 bridgehead atoms. The fraction of sp³-hybridized carbons (Fsp3) is 0.333. The lowest BCUT2D eigenvalue weighted by atomic mass is 10.1. The second-order valence-electron chi connectivity index (χ2n) is 4.47. The Balaban J connectivity index is 2.12. The van der Waals surface area contributed by atoms with Gasteiger partial charge in [0.25, 0.3) is 0 Å². The molecule has 2 unspecified atom stereocenters. The first-order valence-electron chi connectivity index (χ1n) is 6.42. The normalized spacial score (nSPS) is 14.2. The summed E-state index contributed by atoms with van der Waals surface area (Å²) in [5.41, 5.74) is 2.45. The largest absolute Gasteiger partial charge is 0.309 e. The summed E-state index contributed by atoms with van der Waals surface area (Å²) in [6.07, 6.45) is 0. The molecule has 2 nitrogen and oxygen atoms in total. The molecule has 1 aromatic heterocycles. The third-order valence-electron chi connectivity index (χ3n) is 2.97. The first-order chi connectivity index (χ1) is 9.20. The van der Waals surface area contributed by atoms with Crippen LogP contribution in [0.5, 0.6) is 0 Å². The number of nitrogens with one attached hydrogen (secondary N) is 1. The van der Waals surface area contributed by atoms with Gasteiger partial charge in [-0.25, -0.2) is 0 Å². The molecular weight excluding hydrogens is 274 g/mol. The minimum absolute atomic E-state index is 0.147. The van der Waals surface area contributed by atoms with Gasteiger partial charge in [0.1, 0.15) is 0 Å². The summed E-state index contributed by atoms with van der Waals surface area (Å²) >= 11 is 1.56. The van der Waals surface area contributed by atoms with Gasteiger partial charge < -0.3 is 5.32 Å². The summed E-state index contributed by atoms with van der Waals surface area (Å²) in [6, 6.07) is 12.5. The molecule has 0 amide bonds. The van der Waals surface area contributed by atoms with E-state index in [9.17, 15) is 4.21 Å². The van der Waals surface area contributed by atoms with E-state index in [1.807, 2.05) is 17.5 Å². The highest BCUT2D eigenvalue weighted by Crippen LogP contribution is 2.20. The van der Waals surface area contributed by atoms with Crippen LogP contribution in [-0.4, -0.2) is 16.5 Å². The van der Waals surface area contributed by atoms with Crippen LogP contribution < -0.4 is 5.32 Å². The summed E-state index contributed by atoms with van der Waals surface area (Å²) < 4.78 is 13.3. The zero-order chi connectivity index (χ0) is 13.7. The Hall–Kier alpha value is -0.970. The number of benzene rings is 1. The SMILES string of the molecule is CCNC(CS(=O)c1cccs1)c1ccc(C)cc1. The van der Waals surface area contributed by atoms with Gasteiger partial charge in [0.2, 0.25) is 0 Å². The highest BCUT2D eigenvalue weighted by atomic mass is 32.2. The lowest BCUT2D eigenvalue weighted by Crippen LogP contribution is -2.25. The summed E-state index contributed by atoms with van der Waals surface area (Å²) in [7, 11) is -0.934. The van der Waals surface area contributed by atoms with Crippen LogP contribution in [0.3, 0.4) is 0 Å². The zero-order valence-electron chi connectivity index (χ0n) is 11.3. The lowest BCUT2D eigenvalue weighted by Gasteiger charge is -2.17. The summed E-state index contributed by atoms with van der Waals surface area (Å²) in [5.74, 6) is 0.622. The average molecular weight is 293 g/mol. The van der Waals surface area contributed by atoms with Crippen LogP contribution in [0.4, 0.5) is 0 Å². The fourth-order valence-corrected chi connectivity index (χ4v) is 4.20. The van der Waals surface area contributed by atoms with E-state index in [0.717, 1.165) is 10.8 Å². The van der Waals surface area contributed by atoms with Crippen molar-refractivity contribution < 1.29 is 4.21 Å². The molecule has 102 valence electrons. The Morgan fingerprint density at radius 1 is 1.26 bits per heavy atom. The molecule has 0 saturated heterocycles. The van der Waals surface area contributed by atoms with Crippen molar-refractivity contribution in [2.75, 3.05) is 12.3 Å². The molecule has 2 atom stereocenters. The first-order valence-corrected chi connectivity index (χ1v) is 8.62. The van der Waals surface area contributed by atoms with Gasteiger partial charge in [0, 0.05) is 11.8 Å². The minimum Gasteiger partial charge on any atom is -0.309 e. The van der Waals surface area contributed by atoms with Gasteiger partial charge in [-0.3, -0.25) is 4.21 Å². The predicted octanol–water partition coefficient (Wildman–Crippen LogP) is 3.51. The van der Waals surface area contributed by atoms with Gasteiger partial charge in [-0.15, -0.1) is 11.3 Å². The topological polar surface area (TPSA) is 29.1 Å². The van der Waals surface area contributed by atoms with Crippen molar-refractivity contribution in [1.29, 1.82) is 0 Å². The first kappa shape index (κ1) is 14.4. The monoisotopic (exact) mass is 293 g/mol. The maximum atomic E-state index is 12.3. The Morgan fingerprint density at radius 2 is 2.00 bits per heavy atom. The van der Waals surface area contributed by atoms with E-state index >= 15 is 0 Å². The van der Waals surface area contributed by atoms with E-state index in [1.165, 1.54) is 11.1 Å². The van der Waals surface area contributed by atoms with Gasteiger partial charge in [-0.2, -0.15) is 0 Å². The molecule has 1 aromatic carbocycles. The Morgan fingerprint density at radius 3 is 2.58 bits per heavy atom. The molecule has 0 spiro atoms. The number of hydrogen-bond acceptors (Lipinski definition) is 3. The minimum atomic E-state index is -0.934. The quantitative estimate of drug-likeness (QED) is 0.883. The lowest BCUT2D eigenvalue weighted by molar-refractivity contribution is 0.594. The average Bonchev–Trinajstić information content (AvgIpc) is 2.93. The summed E-state index contributed by atoms with van der Waals surface area (Å²) in [5, 5.41) is 5.40. The van der Waals surface area contributed by atoms with Crippen molar-refractivity contribution in [2.24, 2.45) is 0 Å². The number of thiophene rings is 1. The van der Waals surface area contributed by atoms with Crippen LogP contribution in [-0.2, 0) is 10.8 Å². The van der Waals surface area contributed by atoms with Crippen LogP contribution in [0.15, 0.2) is 46.0 Å². The standard InChI is InChI=1S/C15H19NOS2/c1-3-16-14(13-8-6-12(2)7-9-13)11-19(17)15-5-4-10-18-15/h4-10,14,16H,3,11H2,1-2H3. The molecule has 19 heavy (non-hydrogen) atoms. The van der Waals surface area contributed by atoms with Gasteiger partial charge in [0.05, 0.1) is 15.0 Å². The highest BCUT2D eigenvalue weighted by molar-refractivity contribution is 7.87. The molecule has 2 aromatic rings. The van der Waals surface area contributed by atoms with Crippen LogP contribution in [0.25, 0.3) is 0 Å². The smallest absolute Gasteiger partial charge is 0.0911 e. The molecule has 1 N–H and O–H groups in total. The van der Waals surface area contributed by atoms with E-state index in [1.54, 1.807) is 11.3 Å². The second-order valence-corrected chi connectivity index (χ2v) is 7.14. The molecule has 0 aliphatic heterocycles. The van der Waals surface area contributed by atoms with Crippen LogP contribution in [0.1, 0.15) is 24.1 Å². The van der Waals surface area contributed by atoms with E-state index in [-0.39, 0.29) is 6.04 Å². The van der Waals surface area contributed by atoms with E-state index < -0.39 is 10.8 Å². The molecule has 0 radical (unpaired) electrons. The maximum Gasteiger partial charge on any atom is 0.0911 e. The maximum absolute atomic E-state index is 12.3. The molecule has 0 fully saturated rings. The van der Waals surface area contributed by atoms with Crippen molar-refractivity contribution in [3.63, 3.8) is 0 Å². The van der Waals surface area contributed by atoms with Crippen LogP contribution in [0.2, 0.25) is 0 Å². The number of rotatable bonds is 6. The zero-order valence-corrected chi connectivity index (χ0v) is 12.9. The van der Waals surface area contributed by atoms with Gasteiger partial charge in [-0.05, 0) is 30.5 Å². The predicted molar refractivity (Wildman–Crippen MR) is 83.2 cm³/mol. The Bertz CT molecular complexity index is 520. The van der Waals surface area contributed by atoms with Crippen LogP contribution >= 0.6 is 11.3 Å². The molecular formula is C15H19NOS2. The molecule has 4 heteroatoms. The number of hydrogen-bond donors (Lipinski definition) is 1. The Labute approximate surface area is 121 Å². The van der Waals surface area contributed by atoms with E-state index in [2.05, 4.69) is 43.4 Å². The molecule has 2 rings (SSSR count). The van der Waals surface area contributed by atoms with E-state index in [0.29, 0.717) is 5.75 Å². The molecule has 0 aliphatic carbocycles. The molecule has 0 saturated carbocycles. The van der Waals surface area contributed by atoms with Crippen molar-refractivity contribution >= 4 is 22.1 Å². The Kier molecular flexibility index (Phi) is 5.31. The van der Waals surface area contributed by atoms with Gasteiger partial charge >= 0.3 is 0 Å². The highest BCUT2D eigenvalue weighted by Gasteiger charge is 2.15. The summed E-state index contributed by atoms with van der Waals surface area (Å²) in [6.45, 7) is 5.03. The molecule has 1 heterocycles. The number of aryl methyl sites for hydroxylation is 1. The third kappa shape index (κ3) is 4.00. The van der Waals surface area contributed by atoms with Crippen molar-refractivity contribution in [1.82, 2.24) is 5.32 Å². The van der Waals surface area contributed by atoms with Crippen LogP contribution in [0, 0.1) is 6.92 Å². The van der Waals surface area contributed by atoms with Crippen molar-refractivity contribution in [2.45, 2.75) is 24.1 Å². The van der Waals surface area contributed by atoms with Crippen molar-refractivity contribution in [3.05, 3.63) is 52.9 Å². The summed E-state index contributed by atoms with van der Waals surface area (Å²) in [4.78, 5) is 0. The fourth-order valence-electron chi connectivity index (χ4n) is 1.94. The van der Waals surface area contributed by atoms with Gasteiger partial charge in [0.15, 0.2) is 0 Å². The third-order valence-corrected chi connectivity index (χ3v) is 5.70. The van der Waals surface area contributed by atoms with Gasteiger partial charge in [-0.1, -0.05) is 42.8 Å². The molecule has 0 aliphatic rings. The van der Waals surface area contributed by atoms with Crippen molar-refractivity contribution in [3.8, 4) is 0 Å². The van der Waals surface area contributed by atoms with E-state index in [4.69, 9.17) is 0 Å².